The standard InChI is InChI=1S/C59H39N5/c1-5-15-44(16-6-1)58-61-53-37-46(33-35-55(53)63(58)49-20-9-3-10-21-49)40-25-29-42(30-26-40)52-39-48-19-13-14-24-51(48)57(60-52)43-31-27-41(28-32-43)47-34-36-56-54(38-47)62-59(45-17-7-2-8-18-45)64(56)50-22-11-4-12-23-50/h1-39H. The Labute approximate surface area is 370 Å². The molecular formula is C59H39N5. The largest absolute Gasteiger partial charge is 0.292 e. The van der Waals surface area contributed by atoms with Crippen molar-refractivity contribution >= 4 is 32.8 Å². The summed E-state index contributed by atoms with van der Waals surface area (Å²) >= 11 is 0. The van der Waals surface area contributed by atoms with E-state index in [1.54, 1.807) is 0 Å². The molecule has 0 aliphatic carbocycles. The summed E-state index contributed by atoms with van der Waals surface area (Å²) < 4.78 is 4.50. The van der Waals surface area contributed by atoms with Crippen LogP contribution in [0.5, 0.6) is 0 Å². The summed E-state index contributed by atoms with van der Waals surface area (Å²) in [5.74, 6) is 1.85. The maximum Gasteiger partial charge on any atom is 0.145 e. The number of pyridine rings is 1. The number of para-hydroxylation sites is 2. The molecule has 0 radical (unpaired) electrons. The molecule has 9 aromatic carbocycles. The molecule has 0 bridgehead atoms. The van der Waals surface area contributed by atoms with Crippen LogP contribution in [0.25, 0.3) is 112 Å². The molecule has 3 aromatic heterocycles. The van der Waals surface area contributed by atoms with Crippen LogP contribution in [-0.2, 0) is 0 Å². The van der Waals surface area contributed by atoms with Crippen molar-refractivity contribution < 1.29 is 0 Å². The molecule has 0 unspecified atom stereocenters. The highest BCUT2D eigenvalue weighted by Gasteiger charge is 2.18. The number of hydrogen-bond donors (Lipinski definition) is 0. The third-order valence-electron chi connectivity index (χ3n) is 12.1. The highest BCUT2D eigenvalue weighted by atomic mass is 15.1. The van der Waals surface area contributed by atoms with Crippen LogP contribution in [0.15, 0.2) is 237 Å². The summed E-state index contributed by atoms with van der Waals surface area (Å²) in [6.45, 7) is 0. The average molecular weight is 818 g/mol. The number of hydrogen-bond acceptors (Lipinski definition) is 3. The van der Waals surface area contributed by atoms with Gasteiger partial charge in [-0.05, 0) is 82.2 Å². The first-order valence-electron chi connectivity index (χ1n) is 21.6. The Bertz CT molecular complexity index is 3610. The van der Waals surface area contributed by atoms with Crippen LogP contribution in [0.3, 0.4) is 0 Å². The van der Waals surface area contributed by atoms with Crippen molar-refractivity contribution in [3.63, 3.8) is 0 Å². The zero-order valence-electron chi connectivity index (χ0n) is 34.8. The van der Waals surface area contributed by atoms with Crippen LogP contribution in [0.1, 0.15) is 0 Å². The average Bonchev–Trinajstić information content (AvgIpc) is 3.96. The predicted molar refractivity (Wildman–Crippen MR) is 264 cm³/mol. The highest BCUT2D eigenvalue weighted by molar-refractivity contribution is 5.97. The van der Waals surface area contributed by atoms with Gasteiger partial charge in [-0.25, -0.2) is 15.0 Å². The fraction of sp³-hybridized carbons (Fsp3) is 0. The molecule has 0 saturated carbocycles. The van der Waals surface area contributed by atoms with Crippen LogP contribution in [0.4, 0.5) is 0 Å². The molecule has 3 heterocycles. The maximum atomic E-state index is 5.34. The first kappa shape index (κ1) is 37.1. The Kier molecular flexibility index (Phi) is 9.08. The van der Waals surface area contributed by atoms with Crippen LogP contribution in [0.2, 0.25) is 0 Å². The van der Waals surface area contributed by atoms with Gasteiger partial charge in [0.1, 0.15) is 11.6 Å². The Hall–Kier alpha value is -8.67. The zero-order valence-corrected chi connectivity index (χ0v) is 34.8. The summed E-state index contributed by atoms with van der Waals surface area (Å²) in [4.78, 5) is 15.7. The Morgan fingerprint density at radius 3 is 1.19 bits per heavy atom. The van der Waals surface area contributed by atoms with Crippen molar-refractivity contribution in [2.75, 3.05) is 0 Å². The van der Waals surface area contributed by atoms with E-state index < -0.39 is 0 Å². The predicted octanol–water partition coefficient (Wildman–Crippen LogP) is 14.9. The van der Waals surface area contributed by atoms with Gasteiger partial charge in [0.2, 0.25) is 0 Å². The minimum atomic E-state index is 0.924. The molecule has 5 nitrogen and oxygen atoms in total. The SMILES string of the molecule is c1ccc(-c2nc3cc(-c4ccc(-c5cc6ccccc6c(-c6ccc(-c7ccc8c(c7)nc(-c7ccccc7)n8-c7ccccc7)cc6)n5)cc4)ccc3n2-c2ccccc2)cc1. The number of fused-ring (bicyclic) bond motifs is 3. The van der Waals surface area contributed by atoms with Crippen LogP contribution in [-0.4, -0.2) is 24.1 Å². The molecule has 300 valence electrons. The molecule has 0 N–H and O–H groups in total. The van der Waals surface area contributed by atoms with Crippen molar-refractivity contribution in [1.82, 2.24) is 24.1 Å². The second kappa shape index (κ2) is 15.7. The Morgan fingerprint density at radius 2 is 0.688 bits per heavy atom. The van der Waals surface area contributed by atoms with Crippen molar-refractivity contribution in [2.24, 2.45) is 0 Å². The van der Waals surface area contributed by atoms with E-state index in [1.807, 2.05) is 24.3 Å². The van der Waals surface area contributed by atoms with E-state index >= 15 is 0 Å². The number of benzene rings is 9. The van der Waals surface area contributed by atoms with Crippen molar-refractivity contribution in [2.45, 2.75) is 0 Å². The molecule has 5 heteroatoms. The van der Waals surface area contributed by atoms with E-state index in [-0.39, 0.29) is 0 Å². The van der Waals surface area contributed by atoms with Gasteiger partial charge < -0.3 is 0 Å². The topological polar surface area (TPSA) is 48.5 Å². The van der Waals surface area contributed by atoms with Gasteiger partial charge in [0, 0.05) is 39.0 Å². The van der Waals surface area contributed by atoms with E-state index in [2.05, 4.69) is 221 Å². The van der Waals surface area contributed by atoms with Gasteiger partial charge in [0.15, 0.2) is 0 Å². The number of aromatic nitrogens is 5. The van der Waals surface area contributed by atoms with Gasteiger partial charge in [-0.2, -0.15) is 0 Å². The van der Waals surface area contributed by atoms with Crippen LogP contribution < -0.4 is 0 Å². The molecule has 0 fully saturated rings. The molecule has 0 saturated heterocycles. The van der Waals surface area contributed by atoms with Gasteiger partial charge in [-0.1, -0.05) is 182 Å². The lowest BCUT2D eigenvalue weighted by molar-refractivity contribution is 1.10. The first-order valence-corrected chi connectivity index (χ1v) is 21.6. The molecule has 0 aliphatic heterocycles. The monoisotopic (exact) mass is 817 g/mol. The Balaban J connectivity index is 0.868. The van der Waals surface area contributed by atoms with Gasteiger partial charge >= 0.3 is 0 Å². The quantitative estimate of drug-likeness (QED) is 0.153. The second-order valence-corrected chi connectivity index (χ2v) is 16.1. The second-order valence-electron chi connectivity index (χ2n) is 16.1. The van der Waals surface area contributed by atoms with Gasteiger partial charge in [-0.3, -0.25) is 9.13 Å². The third kappa shape index (κ3) is 6.64. The number of rotatable bonds is 8. The lowest BCUT2D eigenvalue weighted by Gasteiger charge is -2.12. The smallest absolute Gasteiger partial charge is 0.145 e. The highest BCUT2D eigenvalue weighted by Crippen LogP contribution is 2.37. The maximum absolute atomic E-state index is 5.34. The van der Waals surface area contributed by atoms with Crippen molar-refractivity contribution in [3.05, 3.63) is 237 Å². The minimum absolute atomic E-state index is 0.924. The summed E-state index contributed by atoms with van der Waals surface area (Å²) in [5.41, 5.74) is 16.9. The first-order chi connectivity index (χ1) is 31.7. The zero-order chi connectivity index (χ0) is 42.4. The van der Waals surface area contributed by atoms with Gasteiger partial charge in [0.25, 0.3) is 0 Å². The van der Waals surface area contributed by atoms with Crippen molar-refractivity contribution in [3.8, 4) is 78.9 Å². The summed E-state index contributed by atoms with van der Waals surface area (Å²) in [6.07, 6.45) is 0. The molecule has 12 aromatic rings. The normalized spacial score (nSPS) is 11.4. The molecule has 64 heavy (non-hydrogen) atoms. The summed E-state index contributed by atoms with van der Waals surface area (Å²) in [6, 6.07) is 83.1. The van der Waals surface area contributed by atoms with E-state index in [9.17, 15) is 0 Å². The van der Waals surface area contributed by atoms with E-state index in [4.69, 9.17) is 15.0 Å². The fourth-order valence-corrected chi connectivity index (χ4v) is 8.98. The summed E-state index contributed by atoms with van der Waals surface area (Å²) in [5, 5.41) is 2.27. The number of nitrogens with zero attached hydrogens (tertiary/aromatic N) is 5. The molecule has 0 aliphatic rings. The molecule has 0 amide bonds. The molecule has 12 rings (SSSR count). The molecular weight excluding hydrogens is 779 g/mol. The molecule has 0 atom stereocenters. The van der Waals surface area contributed by atoms with Crippen LogP contribution >= 0.6 is 0 Å². The van der Waals surface area contributed by atoms with E-state index in [0.29, 0.717) is 0 Å². The van der Waals surface area contributed by atoms with Gasteiger partial charge in [0.05, 0.1) is 33.5 Å². The lowest BCUT2D eigenvalue weighted by Crippen LogP contribution is -1.97. The Morgan fingerprint density at radius 1 is 0.281 bits per heavy atom. The van der Waals surface area contributed by atoms with Crippen molar-refractivity contribution in [1.29, 1.82) is 0 Å². The third-order valence-corrected chi connectivity index (χ3v) is 12.1. The summed E-state index contributed by atoms with van der Waals surface area (Å²) in [7, 11) is 0. The van der Waals surface area contributed by atoms with Gasteiger partial charge in [-0.15, -0.1) is 0 Å². The van der Waals surface area contributed by atoms with E-state index in [0.717, 1.165) is 112 Å². The fourth-order valence-electron chi connectivity index (χ4n) is 8.98. The molecule has 0 spiro atoms. The van der Waals surface area contributed by atoms with E-state index in [1.165, 1.54) is 0 Å². The minimum Gasteiger partial charge on any atom is -0.292 e. The van der Waals surface area contributed by atoms with Crippen LogP contribution in [0, 0.1) is 0 Å². The lowest BCUT2D eigenvalue weighted by atomic mass is 9.97. The number of imidazole rings is 2.